The van der Waals surface area contributed by atoms with Gasteiger partial charge >= 0.3 is 5.97 Å². The normalized spacial score (nSPS) is 20.0. The molecule has 1 aliphatic carbocycles. The summed E-state index contributed by atoms with van der Waals surface area (Å²) >= 11 is 1.70. The minimum Gasteiger partial charge on any atom is -0.492 e. The number of hydrogen-bond donors (Lipinski definition) is 0. The van der Waals surface area contributed by atoms with Gasteiger partial charge in [0.25, 0.3) is 0 Å². The third kappa shape index (κ3) is 3.48. The number of para-hydroxylation sites is 1. The van der Waals surface area contributed by atoms with Crippen molar-refractivity contribution in [2.45, 2.75) is 31.6 Å². The summed E-state index contributed by atoms with van der Waals surface area (Å²) in [5, 5.41) is 0.898. The van der Waals surface area contributed by atoms with Crippen molar-refractivity contribution in [3.05, 3.63) is 34.8 Å². The van der Waals surface area contributed by atoms with E-state index in [1.807, 2.05) is 18.3 Å². The highest BCUT2D eigenvalue weighted by Gasteiger charge is 2.25. The van der Waals surface area contributed by atoms with E-state index in [1.54, 1.807) is 17.4 Å². The Morgan fingerprint density at radius 3 is 2.92 bits per heavy atom. The molecular weight excluding hydrogens is 350 g/mol. The third-order valence-electron chi connectivity index (χ3n) is 5.17. The SMILES string of the molecule is COC(=O)c1cccc(-c2ncc(C3CCC3)s2)c1OC[C@H]1CCOC1. The second-order valence-electron chi connectivity index (χ2n) is 6.91. The summed E-state index contributed by atoms with van der Waals surface area (Å²) in [5.41, 5.74) is 1.31. The minimum atomic E-state index is -0.389. The average molecular weight is 373 g/mol. The molecule has 1 saturated heterocycles. The van der Waals surface area contributed by atoms with Crippen molar-refractivity contribution >= 4 is 17.3 Å². The van der Waals surface area contributed by atoms with E-state index >= 15 is 0 Å². The second kappa shape index (κ2) is 7.76. The molecule has 4 rings (SSSR count). The summed E-state index contributed by atoms with van der Waals surface area (Å²) in [5.74, 6) is 1.18. The van der Waals surface area contributed by atoms with Crippen molar-refractivity contribution in [2.75, 3.05) is 26.9 Å². The largest absolute Gasteiger partial charge is 0.492 e. The Morgan fingerprint density at radius 1 is 1.35 bits per heavy atom. The van der Waals surface area contributed by atoms with E-state index in [9.17, 15) is 4.79 Å². The Balaban J connectivity index is 1.65. The van der Waals surface area contributed by atoms with Crippen LogP contribution < -0.4 is 4.74 Å². The van der Waals surface area contributed by atoms with Crippen molar-refractivity contribution in [2.24, 2.45) is 5.92 Å². The maximum atomic E-state index is 12.2. The molecule has 0 spiro atoms. The van der Waals surface area contributed by atoms with Crippen LogP contribution >= 0.6 is 11.3 Å². The maximum Gasteiger partial charge on any atom is 0.341 e. The number of thiazole rings is 1. The zero-order valence-electron chi connectivity index (χ0n) is 14.9. The van der Waals surface area contributed by atoms with E-state index in [0.29, 0.717) is 36.4 Å². The van der Waals surface area contributed by atoms with E-state index in [1.165, 1.54) is 31.2 Å². The number of carbonyl (C=O) groups excluding carboxylic acids is 1. The predicted octanol–water partition coefficient (Wildman–Crippen LogP) is 4.28. The maximum absolute atomic E-state index is 12.2. The Morgan fingerprint density at radius 2 is 2.23 bits per heavy atom. The van der Waals surface area contributed by atoms with E-state index in [0.717, 1.165) is 23.6 Å². The molecule has 2 aliphatic rings. The fourth-order valence-corrected chi connectivity index (χ4v) is 4.45. The summed E-state index contributed by atoms with van der Waals surface area (Å²) in [4.78, 5) is 18.2. The molecule has 1 aromatic carbocycles. The lowest BCUT2D eigenvalue weighted by molar-refractivity contribution is 0.0595. The van der Waals surface area contributed by atoms with E-state index in [4.69, 9.17) is 14.2 Å². The van der Waals surface area contributed by atoms with Gasteiger partial charge in [0.1, 0.15) is 16.3 Å². The molecule has 1 aromatic heterocycles. The summed E-state index contributed by atoms with van der Waals surface area (Å²) in [6.45, 7) is 2.01. The first-order valence-corrected chi connectivity index (χ1v) is 9.96. The molecule has 2 fully saturated rings. The smallest absolute Gasteiger partial charge is 0.341 e. The molecule has 2 heterocycles. The third-order valence-corrected chi connectivity index (χ3v) is 6.36. The monoisotopic (exact) mass is 373 g/mol. The first kappa shape index (κ1) is 17.5. The molecule has 138 valence electrons. The fraction of sp³-hybridized carbons (Fsp3) is 0.500. The van der Waals surface area contributed by atoms with Gasteiger partial charge < -0.3 is 14.2 Å². The molecule has 0 unspecified atom stereocenters. The number of aromatic nitrogens is 1. The van der Waals surface area contributed by atoms with Crippen molar-refractivity contribution < 1.29 is 19.0 Å². The van der Waals surface area contributed by atoms with Crippen molar-refractivity contribution in [1.82, 2.24) is 4.98 Å². The molecule has 5 nitrogen and oxygen atoms in total. The molecule has 0 radical (unpaired) electrons. The summed E-state index contributed by atoms with van der Waals surface area (Å²) < 4.78 is 16.5. The van der Waals surface area contributed by atoms with Crippen LogP contribution in [-0.2, 0) is 9.47 Å². The van der Waals surface area contributed by atoms with Gasteiger partial charge in [0.2, 0.25) is 0 Å². The topological polar surface area (TPSA) is 57.7 Å². The predicted molar refractivity (Wildman–Crippen MR) is 99.9 cm³/mol. The highest BCUT2D eigenvalue weighted by Crippen LogP contribution is 2.43. The van der Waals surface area contributed by atoms with Crippen LogP contribution in [0.5, 0.6) is 5.75 Å². The number of benzene rings is 1. The summed E-state index contributed by atoms with van der Waals surface area (Å²) in [6.07, 6.45) is 6.75. The van der Waals surface area contributed by atoms with Gasteiger partial charge in [-0.25, -0.2) is 9.78 Å². The molecule has 0 amide bonds. The Kier molecular flexibility index (Phi) is 5.22. The van der Waals surface area contributed by atoms with Gasteiger partial charge in [-0.15, -0.1) is 11.3 Å². The lowest BCUT2D eigenvalue weighted by Crippen LogP contribution is -2.14. The lowest BCUT2D eigenvalue weighted by atomic mass is 9.85. The number of carbonyl (C=O) groups is 1. The molecule has 2 aromatic rings. The highest BCUT2D eigenvalue weighted by molar-refractivity contribution is 7.15. The molecule has 26 heavy (non-hydrogen) atoms. The van der Waals surface area contributed by atoms with Crippen molar-refractivity contribution in [3.8, 4) is 16.3 Å². The molecule has 0 N–H and O–H groups in total. The van der Waals surface area contributed by atoms with Crippen LogP contribution in [0.4, 0.5) is 0 Å². The quantitative estimate of drug-likeness (QED) is 0.708. The number of ether oxygens (including phenoxy) is 3. The first-order chi connectivity index (χ1) is 12.8. The highest BCUT2D eigenvalue weighted by atomic mass is 32.1. The Bertz CT molecular complexity index is 778. The average Bonchev–Trinajstić information content (AvgIpc) is 3.29. The number of esters is 1. The van der Waals surface area contributed by atoms with E-state index < -0.39 is 0 Å². The fourth-order valence-electron chi connectivity index (χ4n) is 3.34. The molecular formula is C20H23NO4S. The van der Waals surface area contributed by atoms with Gasteiger partial charge in [0, 0.05) is 23.6 Å². The standard InChI is InChI=1S/C20H23NO4S/c1-23-20(22)16-7-3-6-15(18(16)25-12-13-8-9-24-11-13)19-21-10-17(26-19)14-4-2-5-14/h3,6-7,10,13-14H,2,4-5,8-9,11-12H2,1H3/t13-/m0/s1. The molecule has 1 atom stereocenters. The van der Waals surface area contributed by atoms with Gasteiger partial charge in [0.15, 0.2) is 0 Å². The van der Waals surface area contributed by atoms with Crippen LogP contribution in [0.1, 0.15) is 46.8 Å². The number of methoxy groups -OCH3 is 1. The van der Waals surface area contributed by atoms with Gasteiger partial charge in [-0.2, -0.15) is 0 Å². The number of hydrogen-bond acceptors (Lipinski definition) is 6. The van der Waals surface area contributed by atoms with E-state index in [2.05, 4.69) is 4.98 Å². The Hall–Kier alpha value is -1.92. The zero-order chi connectivity index (χ0) is 17.9. The van der Waals surface area contributed by atoms with Gasteiger partial charge in [0.05, 0.1) is 25.9 Å². The summed E-state index contributed by atoms with van der Waals surface area (Å²) in [7, 11) is 1.39. The van der Waals surface area contributed by atoms with Gasteiger partial charge in [-0.05, 0) is 37.3 Å². The molecule has 1 saturated carbocycles. The van der Waals surface area contributed by atoms with Gasteiger partial charge in [-0.3, -0.25) is 0 Å². The molecule has 1 aliphatic heterocycles. The molecule has 0 bridgehead atoms. The van der Waals surface area contributed by atoms with Crippen LogP contribution in [0.2, 0.25) is 0 Å². The zero-order valence-corrected chi connectivity index (χ0v) is 15.7. The van der Waals surface area contributed by atoms with Crippen LogP contribution in [0.25, 0.3) is 10.6 Å². The van der Waals surface area contributed by atoms with E-state index in [-0.39, 0.29) is 5.97 Å². The van der Waals surface area contributed by atoms with Gasteiger partial charge in [-0.1, -0.05) is 12.5 Å². The lowest BCUT2D eigenvalue weighted by Gasteiger charge is -2.23. The Labute approximate surface area is 157 Å². The van der Waals surface area contributed by atoms with Crippen LogP contribution in [-0.4, -0.2) is 37.9 Å². The number of nitrogens with zero attached hydrogens (tertiary/aromatic N) is 1. The second-order valence-corrected chi connectivity index (χ2v) is 7.97. The first-order valence-electron chi connectivity index (χ1n) is 9.14. The summed E-state index contributed by atoms with van der Waals surface area (Å²) in [6, 6.07) is 5.57. The minimum absolute atomic E-state index is 0.357. The van der Waals surface area contributed by atoms with Crippen LogP contribution in [0.3, 0.4) is 0 Å². The van der Waals surface area contributed by atoms with Crippen molar-refractivity contribution in [3.63, 3.8) is 0 Å². The van der Waals surface area contributed by atoms with Crippen LogP contribution in [0, 0.1) is 5.92 Å². The number of rotatable bonds is 6. The van der Waals surface area contributed by atoms with Crippen LogP contribution in [0.15, 0.2) is 24.4 Å². The van der Waals surface area contributed by atoms with Crippen molar-refractivity contribution in [1.29, 1.82) is 0 Å². The molecule has 6 heteroatoms.